The standard InChI is InChI=1S/C14H14FN3O3/c1-2-16-9-10-4-3-7-17-14(10)21-13-8-11(15)5-6-12(13)18(19)20/h3-8,16H,2,9H2,1H3. The highest BCUT2D eigenvalue weighted by Gasteiger charge is 2.18. The number of hydrogen-bond donors (Lipinski definition) is 1. The van der Waals surface area contributed by atoms with Crippen LogP contribution in [0.3, 0.4) is 0 Å². The molecule has 0 amide bonds. The number of nitrogens with zero attached hydrogens (tertiary/aromatic N) is 2. The molecule has 1 aromatic heterocycles. The second-order valence-electron chi connectivity index (χ2n) is 4.22. The summed E-state index contributed by atoms with van der Waals surface area (Å²) in [4.78, 5) is 14.4. The highest BCUT2D eigenvalue weighted by molar-refractivity contribution is 5.48. The van der Waals surface area contributed by atoms with Gasteiger partial charge in [0.15, 0.2) is 0 Å². The molecule has 21 heavy (non-hydrogen) atoms. The zero-order valence-electron chi connectivity index (χ0n) is 11.4. The Kier molecular flexibility index (Phi) is 4.78. The van der Waals surface area contributed by atoms with Gasteiger partial charge < -0.3 is 10.1 Å². The van der Waals surface area contributed by atoms with Gasteiger partial charge in [-0.05, 0) is 18.7 Å². The summed E-state index contributed by atoms with van der Waals surface area (Å²) in [5.41, 5.74) is 0.425. The number of nitrogens with one attached hydrogen (secondary N) is 1. The maximum absolute atomic E-state index is 13.3. The average Bonchev–Trinajstić information content (AvgIpc) is 2.46. The zero-order chi connectivity index (χ0) is 15.2. The Morgan fingerprint density at radius 3 is 2.95 bits per heavy atom. The Labute approximate surface area is 120 Å². The lowest BCUT2D eigenvalue weighted by molar-refractivity contribution is -0.385. The van der Waals surface area contributed by atoms with Crippen molar-refractivity contribution in [1.82, 2.24) is 10.3 Å². The first-order chi connectivity index (χ1) is 10.1. The van der Waals surface area contributed by atoms with Crippen LogP contribution in [0.1, 0.15) is 12.5 Å². The fourth-order valence-electron chi connectivity index (χ4n) is 1.73. The summed E-state index contributed by atoms with van der Waals surface area (Å²) < 4.78 is 18.7. The summed E-state index contributed by atoms with van der Waals surface area (Å²) in [5, 5.41) is 14.1. The number of benzene rings is 1. The molecule has 1 heterocycles. The summed E-state index contributed by atoms with van der Waals surface area (Å²) in [7, 11) is 0. The molecular weight excluding hydrogens is 277 g/mol. The highest BCUT2D eigenvalue weighted by Crippen LogP contribution is 2.32. The van der Waals surface area contributed by atoms with Gasteiger partial charge in [0.05, 0.1) is 4.92 Å². The quantitative estimate of drug-likeness (QED) is 0.654. The lowest BCUT2D eigenvalue weighted by atomic mass is 10.2. The first-order valence-corrected chi connectivity index (χ1v) is 6.38. The predicted octanol–water partition coefficient (Wildman–Crippen LogP) is 3.03. The number of ether oxygens (including phenoxy) is 1. The van der Waals surface area contributed by atoms with Crippen molar-refractivity contribution in [2.45, 2.75) is 13.5 Å². The van der Waals surface area contributed by atoms with Gasteiger partial charge >= 0.3 is 5.69 Å². The fraction of sp³-hybridized carbons (Fsp3) is 0.214. The third kappa shape index (κ3) is 3.73. The van der Waals surface area contributed by atoms with E-state index < -0.39 is 10.7 Å². The van der Waals surface area contributed by atoms with E-state index in [4.69, 9.17) is 4.74 Å². The van der Waals surface area contributed by atoms with Crippen LogP contribution >= 0.6 is 0 Å². The number of nitro groups is 1. The Bertz CT molecular complexity index is 649. The lowest BCUT2D eigenvalue weighted by Gasteiger charge is -2.10. The van der Waals surface area contributed by atoms with Gasteiger partial charge in [0.1, 0.15) is 5.82 Å². The van der Waals surface area contributed by atoms with Gasteiger partial charge in [-0.1, -0.05) is 13.0 Å². The van der Waals surface area contributed by atoms with E-state index in [0.717, 1.165) is 30.3 Å². The molecule has 0 atom stereocenters. The van der Waals surface area contributed by atoms with Crippen molar-refractivity contribution >= 4 is 5.69 Å². The van der Waals surface area contributed by atoms with Gasteiger partial charge in [-0.15, -0.1) is 0 Å². The first-order valence-electron chi connectivity index (χ1n) is 6.38. The number of hydrogen-bond acceptors (Lipinski definition) is 5. The van der Waals surface area contributed by atoms with Gasteiger partial charge in [0, 0.05) is 30.4 Å². The van der Waals surface area contributed by atoms with Crippen LogP contribution in [-0.2, 0) is 6.54 Å². The molecule has 0 spiro atoms. The minimum atomic E-state index is -0.623. The van der Waals surface area contributed by atoms with Crippen LogP contribution in [0.15, 0.2) is 36.5 Å². The molecule has 1 aromatic carbocycles. The summed E-state index contributed by atoms with van der Waals surface area (Å²) in [6.45, 7) is 3.21. The Morgan fingerprint density at radius 1 is 1.43 bits per heavy atom. The summed E-state index contributed by atoms with van der Waals surface area (Å²) in [6.07, 6.45) is 1.51. The van der Waals surface area contributed by atoms with Crippen LogP contribution in [0.5, 0.6) is 11.6 Å². The number of rotatable bonds is 6. The highest BCUT2D eigenvalue weighted by atomic mass is 19.1. The third-order valence-electron chi connectivity index (χ3n) is 2.74. The molecule has 2 rings (SSSR count). The van der Waals surface area contributed by atoms with Crippen molar-refractivity contribution < 1.29 is 14.1 Å². The smallest absolute Gasteiger partial charge is 0.311 e. The van der Waals surface area contributed by atoms with Crippen LogP contribution in [0.4, 0.5) is 10.1 Å². The van der Waals surface area contributed by atoms with Gasteiger partial charge in [-0.25, -0.2) is 9.37 Å². The molecule has 7 heteroatoms. The molecule has 0 fully saturated rings. The molecule has 0 aliphatic heterocycles. The number of nitro benzene ring substituents is 1. The summed E-state index contributed by atoms with van der Waals surface area (Å²) in [6, 6.07) is 6.58. The van der Waals surface area contributed by atoms with Crippen LogP contribution in [-0.4, -0.2) is 16.5 Å². The molecule has 6 nitrogen and oxygen atoms in total. The van der Waals surface area contributed by atoms with Gasteiger partial charge in [-0.3, -0.25) is 10.1 Å². The topological polar surface area (TPSA) is 77.3 Å². The Hall–Kier alpha value is -2.54. The Balaban J connectivity index is 2.34. The zero-order valence-corrected chi connectivity index (χ0v) is 11.4. The van der Waals surface area contributed by atoms with Crippen molar-refractivity contribution in [3.05, 3.63) is 58.0 Å². The van der Waals surface area contributed by atoms with E-state index in [1.54, 1.807) is 12.1 Å². The van der Waals surface area contributed by atoms with Gasteiger partial charge in [0.25, 0.3) is 0 Å². The van der Waals surface area contributed by atoms with E-state index in [1.807, 2.05) is 6.92 Å². The number of halogens is 1. The predicted molar refractivity (Wildman–Crippen MR) is 74.7 cm³/mol. The van der Waals surface area contributed by atoms with E-state index >= 15 is 0 Å². The third-order valence-corrected chi connectivity index (χ3v) is 2.74. The molecule has 0 bridgehead atoms. The van der Waals surface area contributed by atoms with Gasteiger partial charge in [-0.2, -0.15) is 0 Å². The SMILES string of the molecule is CCNCc1cccnc1Oc1cc(F)ccc1[N+](=O)[O-]. The molecule has 0 unspecified atom stereocenters. The summed E-state index contributed by atoms with van der Waals surface area (Å²) >= 11 is 0. The first kappa shape index (κ1) is 14.9. The van der Waals surface area contributed by atoms with Crippen molar-refractivity contribution in [2.24, 2.45) is 0 Å². The van der Waals surface area contributed by atoms with E-state index in [0.29, 0.717) is 6.54 Å². The average molecular weight is 291 g/mol. The minimum absolute atomic E-state index is 0.170. The normalized spacial score (nSPS) is 10.4. The van der Waals surface area contributed by atoms with Crippen LogP contribution in [0, 0.1) is 15.9 Å². The molecule has 0 saturated heterocycles. The number of pyridine rings is 1. The molecule has 0 aliphatic rings. The second-order valence-corrected chi connectivity index (χ2v) is 4.22. The van der Waals surface area contributed by atoms with Crippen LogP contribution in [0.2, 0.25) is 0 Å². The van der Waals surface area contributed by atoms with Crippen molar-refractivity contribution in [3.63, 3.8) is 0 Å². The van der Waals surface area contributed by atoms with Crippen LogP contribution in [0.25, 0.3) is 0 Å². The largest absolute Gasteiger partial charge is 0.431 e. The molecule has 2 aromatic rings. The second kappa shape index (κ2) is 6.76. The molecule has 0 aliphatic carbocycles. The maximum atomic E-state index is 13.3. The maximum Gasteiger partial charge on any atom is 0.311 e. The van der Waals surface area contributed by atoms with Gasteiger partial charge in [0.2, 0.25) is 11.6 Å². The Morgan fingerprint density at radius 2 is 2.24 bits per heavy atom. The molecule has 0 saturated carbocycles. The number of aromatic nitrogens is 1. The fourth-order valence-corrected chi connectivity index (χ4v) is 1.73. The van der Waals surface area contributed by atoms with Crippen LogP contribution < -0.4 is 10.1 Å². The van der Waals surface area contributed by atoms with E-state index in [9.17, 15) is 14.5 Å². The summed E-state index contributed by atoms with van der Waals surface area (Å²) in [5.74, 6) is -0.566. The molecule has 110 valence electrons. The monoisotopic (exact) mass is 291 g/mol. The van der Waals surface area contributed by atoms with Crippen molar-refractivity contribution in [3.8, 4) is 11.6 Å². The molecular formula is C14H14FN3O3. The van der Waals surface area contributed by atoms with E-state index in [1.165, 1.54) is 6.20 Å². The van der Waals surface area contributed by atoms with E-state index in [-0.39, 0.29) is 17.3 Å². The van der Waals surface area contributed by atoms with E-state index in [2.05, 4.69) is 10.3 Å². The van der Waals surface area contributed by atoms with Crippen molar-refractivity contribution in [2.75, 3.05) is 6.54 Å². The lowest BCUT2D eigenvalue weighted by Crippen LogP contribution is -2.12. The van der Waals surface area contributed by atoms with Crippen molar-refractivity contribution in [1.29, 1.82) is 0 Å². The molecule has 0 radical (unpaired) electrons. The minimum Gasteiger partial charge on any atom is -0.431 e. The molecule has 1 N–H and O–H groups in total.